The fourth-order valence-corrected chi connectivity index (χ4v) is 2.98. The lowest BCUT2D eigenvalue weighted by Crippen LogP contribution is -2.42. The van der Waals surface area contributed by atoms with E-state index in [0.717, 1.165) is 6.42 Å². The highest BCUT2D eigenvalue weighted by molar-refractivity contribution is 6.03. The number of halogens is 1. The number of benzene rings is 2. The molecule has 2 aromatic carbocycles. The van der Waals surface area contributed by atoms with E-state index in [0.29, 0.717) is 36.3 Å². The van der Waals surface area contributed by atoms with Gasteiger partial charge in [-0.2, -0.15) is 0 Å². The molecule has 1 heterocycles. The summed E-state index contributed by atoms with van der Waals surface area (Å²) in [6, 6.07) is 12.5. The number of likely N-dealkylation sites (tertiary alicyclic amines) is 1. The van der Waals surface area contributed by atoms with Crippen LogP contribution in [-0.4, -0.2) is 41.0 Å². The lowest BCUT2D eigenvalue weighted by molar-refractivity contribution is -0.111. The third kappa shape index (κ3) is 5.24. The van der Waals surface area contributed by atoms with Crippen molar-refractivity contribution in [1.29, 1.82) is 0 Å². The molecule has 1 saturated heterocycles. The number of hydrogen-bond donors (Lipinski definition) is 2. The highest BCUT2D eigenvalue weighted by Gasteiger charge is 2.23. The molecule has 1 aliphatic rings. The van der Waals surface area contributed by atoms with Crippen LogP contribution in [0.25, 0.3) is 6.08 Å². The van der Waals surface area contributed by atoms with Gasteiger partial charge in [0, 0.05) is 30.4 Å². The van der Waals surface area contributed by atoms with Crippen LogP contribution < -0.4 is 5.32 Å². The summed E-state index contributed by atoms with van der Waals surface area (Å²) in [4.78, 5) is 26.3. The summed E-state index contributed by atoms with van der Waals surface area (Å²) >= 11 is 0. The zero-order valence-corrected chi connectivity index (χ0v) is 14.8. The van der Waals surface area contributed by atoms with Crippen molar-refractivity contribution in [2.24, 2.45) is 0 Å². The molecule has 27 heavy (non-hydrogen) atoms. The SMILES string of the molecule is O=C(C=Cc1ccc(F)cc1)Nc1cccc(C(=O)N2CCCC(O)C2)c1. The lowest BCUT2D eigenvalue weighted by Gasteiger charge is -2.30. The summed E-state index contributed by atoms with van der Waals surface area (Å²) in [5, 5.41) is 12.4. The highest BCUT2D eigenvalue weighted by atomic mass is 19.1. The minimum atomic E-state index is -0.484. The number of carbonyl (C=O) groups excluding carboxylic acids is 2. The third-order valence-electron chi connectivity index (χ3n) is 4.36. The first-order valence-corrected chi connectivity index (χ1v) is 8.83. The van der Waals surface area contributed by atoms with Crippen molar-refractivity contribution in [3.8, 4) is 0 Å². The van der Waals surface area contributed by atoms with Gasteiger partial charge in [0.2, 0.25) is 5.91 Å². The van der Waals surface area contributed by atoms with Gasteiger partial charge in [0.25, 0.3) is 5.91 Å². The Labute approximate surface area is 157 Å². The Balaban J connectivity index is 1.63. The minimum absolute atomic E-state index is 0.160. The van der Waals surface area contributed by atoms with Gasteiger partial charge in [-0.05, 0) is 54.8 Å². The fraction of sp³-hybridized carbons (Fsp3) is 0.238. The Morgan fingerprint density at radius 1 is 1.19 bits per heavy atom. The molecule has 5 nitrogen and oxygen atoms in total. The monoisotopic (exact) mass is 368 g/mol. The van der Waals surface area contributed by atoms with Crippen molar-refractivity contribution in [1.82, 2.24) is 4.90 Å². The molecule has 0 aromatic heterocycles. The number of aliphatic hydroxyl groups is 1. The average molecular weight is 368 g/mol. The number of anilines is 1. The Bertz CT molecular complexity index is 849. The van der Waals surface area contributed by atoms with E-state index in [1.54, 1.807) is 47.4 Å². The van der Waals surface area contributed by atoms with E-state index in [9.17, 15) is 19.1 Å². The molecule has 2 N–H and O–H groups in total. The second kappa shape index (κ2) is 8.60. The smallest absolute Gasteiger partial charge is 0.254 e. The van der Waals surface area contributed by atoms with Crippen molar-refractivity contribution in [3.63, 3.8) is 0 Å². The standard InChI is InChI=1S/C21H21FN2O3/c22-17-9-6-15(7-10-17)8-11-20(26)23-18-4-1-3-16(13-18)21(27)24-12-2-5-19(25)14-24/h1,3-4,6-11,13,19,25H,2,5,12,14H2,(H,23,26). The number of carbonyl (C=O) groups is 2. The molecule has 140 valence electrons. The lowest BCUT2D eigenvalue weighted by atomic mass is 10.1. The van der Waals surface area contributed by atoms with E-state index >= 15 is 0 Å². The molecule has 1 fully saturated rings. The molecule has 1 unspecified atom stereocenters. The quantitative estimate of drug-likeness (QED) is 0.815. The van der Waals surface area contributed by atoms with Gasteiger partial charge in [0.1, 0.15) is 5.82 Å². The van der Waals surface area contributed by atoms with Crippen LogP contribution in [0.15, 0.2) is 54.6 Å². The highest BCUT2D eigenvalue weighted by Crippen LogP contribution is 2.17. The van der Waals surface area contributed by atoms with Crippen molar-refractivity contribution in [2.75, 3.05) is 18.4 Å². The van der Waals surface area contributed by atoms with Crippen molar-refractivity contribution in [2.45, 2.75) is 18.9 Å². The molecule has 0 bridgehead atoms. The summed E-state index contributed by atoms with van der Waals surface area (Å²) in [5.41, 5.74) is 1.68. The van der Waals surface area contributed by atoms with Crippen LogP contribution in [0.5, 0.6) is 0 Å². The van der Waals surface area contributed by atoms with Gasteiger partial charge in [-0.15, -0.1) is 0 Å². The summed E-state index contributed by atoms with van der Waals surface area (Å²) in [5.74, 6) is -0.844. The predicted octanol–water partition coefficient (Wildman–Crippen LogP) is 3.07. The summed E-state index contributed by atoms with van der Waals surface area (Å²) < 4.78 is 12.9. The van der Waals surface area contributed by atoms with Crippen LogP contribution in [0.1, 0.15) is 28.8 Å². The molecule has 0 aliphatic carbocycles. The molecule has 1 aliphatic heterocycles. The van der Waals surface area contributed by atoms with Gasteiger partial charge >= 0.3 is 0 Å². The molecule has 2 aromatic rings. The maximum atomic E-state index is 12.9. The first-order valence-electron chi connectivity index (χ1n) is 8.83. The topological polar surface area (TPSA) is 69.6 Å². The Hall–Kier alpha value is -2.99. The Morgan fingerprint density at radius 2 is 1.96 bits per heavy atom. The number of hydrogen-bond acceptors (Lipinski definition) is 3. The normalized spacial score (nSPS) is 17.1. The van der Waals surface area contributed by atoms with Crippen LogP contribution in [0, 0.1) is 5.82 Å². The Kier molecular flexibility index (Phi) is 5.98. The van der Waals surface area contributed by atoms with Gasteiger partial charge in [0.15, 0.2) is 0 Å². The average Bonchev–Trinajstić information content (AvgIpc) is 2.67. The number of piperidine rings is 1. The maximum absolute atomic E-state index is 12.9. The molecule has 1 atom stereocenters. The molecule has 0 saturated carbocycles. The number of nitrogens with zero attached hydrogens (tertiary/aromatic N) is 1. The largest absolute Gasteiger partial charge is 0.391 e. The van der Waals surface area contributed by atoms with Crippen LogP contribution in [0.2, 0.25) is 0 Å². The third-order valence-corrected chi connectivity index (χ3v) is 4.36. The zero-order chi connectivity index (χ0) is 19.2. The van der Waals surface area contributed by atoms with E-state index < -0.39 is 6.10 Å². The summed E-state index contributed by atoms with van der Waals surface area (Å²) in [7, 11) is 0. The molecule has 3 rings (SSSR count). The zero-order valence-electron chi connectivity index (χ0n) is 14.8. The second-order valence-electron chi connectivity index (χ2n) is 6.50. The molecular weight excluding hydrogens is 347 g/mol. The second-order valence-corrected chi connectivity index (χ2v) is 6.50. The number of aliphatic hydroxyl groups excluding tert-OH is 1. The Morgan fingerprint density at radius 3 is 2.70 bits per heavy atom. The van der Waals surface area contributed by atoms with Gasteiger partial charge in [-0.25, -0.2) is 4.39 Å². The number of β-amino-alcohol motifs (C(OH)–C–C–N with tert-alkyl or cyclic N) is 1. The van der Waals surface area contributed by atoms with Gasteiger partial charge in [-0.1, -0.05) is 18.2 Å². The van der Waals surface area contributed by atoms with Gasteiger partial charge in [0.05, 0.1) is 6.10 Å². The molecule has 0 spiro atoms. The van der Waals surface area contributed by atoms with E-state index in [-0.39, 0.29) is 17.6 Å². The fourth-order valence-electron chi connectivity index (χ4n) is 2.98. The van der Waals surface area contributed by atoms with Crippen LogP contribution in [0.3, 0.4) is 0 Å². The van der Waals surface area contributed by atoms with E-state index in [1.165, 1.54) is 18.2 Å². The van der Waals surface area contributed by atoms with Crippen LogP contribution in [0.4, 0.5) is 10.1 Å². The predicted molar refractivity (Wildman–Crippen MR) is 102 cm³/mol. The van der Waals surface area contributed by atoms with E-state index in [1.807, 2.05) is 0 Å². The van der Waals surface area contributed by atoms with Crippen LogP contribution >= 0.6 is 0 Å². The molecule has 6 heteroatoms. The molecule has 0 radical (unpaired) electrons. The number of rotatable bonds is 4. The van der Waals surface area contributed by atoms with Gasteiger partial charge < -0.3 is 15.3 Å². The maximum Gasteiger partial charge on any atom is 0.254 e. The summed E-state index contributed by atoms with van der Waals surface area (Å²) in [6.07, 6.45) is 3.93. The summed E-state index contributed by atoms with van der Waals surface area (Å²) in [6.45, 7) is 0.947. The van der Waals surface area contributed by atoms with Crippen molar-refractivity contribution in [3.05, 3.63) is 71.6 Å². The van der Waals surface area contributed by atoms with E-state index in [4.69, 9.17) is 0 Å². The van der Waals surface area contributed by atoms with E-state index in [2.05, 4.69) is 5.32 Å². The van der Waals surface area contributed by atoms with Gasteiger partial charge in [-0.3, -0.25) is 9.59 Å². The molecular formula is C21H21FN2O3. The van der Waals surface area contributed by atoms with Crippen molar-refractivity contribution < 1.29 is 19.1 Å². The minimum Gasteiger partial charge on any atom is -0.391 e. The molecule has 2 amide bonds. The van der Waals surface area contributed by atoms with Crippen LogP contribution in [-0.2, 0) is 4.79 Å². The first-order chi connectivity index (χ1) is 13.0. The number of amides is 2. The first kappa shape index (κ1) is 18.8. The number of nitrogens with one attached hydrogen (secondary N) is 1. The van der Waals surface area contributed by atoms with Crippen molar-refractivity contribution >= 4 is 23.6 Å².